The Hall–Kier alpha value is -5.26. The fourth-order valence-corrected chi connectivity index (χ4v) is 4.87. The van der Waals surface area contributed by atoms with Gasteiger partial charge >= 0.3 is 5.97 Å². The van der Waals surface area contributed by atoms with E-state index in [1.807, 2.05) is 0 Å². The maximum Gasteiger partial charge on any atom is 0.326 e. The number of guanidine groups is 1. The molecule has 6 amide bonds. The second kappa shape index (κ2) is 22.5. The van der Waals surface area contributed by atoms with E-state index in [1.54, 1.807) is 58.0 Å². The molecule has 0 fully saturated rings. The summed E-state index contributed by atoms with van der Waals surface area (Å²) in [4.78, 5) is 92.8. The van der Waals surface area contributed by atoms with Gasteiger partial charge in [-0.05, 0) is 43.1 Å². The van der Waals surface area contributed by atoms with Gasteiger partial charge in [-0.1, -0.05) is 64.4 Å². The number of nitrogens with two attached hydrogens (primary N) is 4. The summed E-state index contributed by atoms with van der Waals surface area (Å²) in [5.41, 5.74) is 22.9. The lowest BCUT2D eigenvalue weighted by atomic mass is 9.97. The fraction of sp³-hybridized carbons (Fsp3) is 0.576. The Morgan fingerprint density at radius 1 is 0.804 bits per heavy atom. The molecule has 18 nitrogen and oxygen atoms in total. The van der Waals surface area contributed by atoms with Crippen LogP contribution in [-0.4, -0.2) is 95.8 Å². The first kappa shape index (κ1) is 43.8. The minimum Gasteiger partial charge on any atom is -0.480 e. The van der Waals surface area contributed by atoms with Gasteiger partial charge < -0.3 is 54.6 Å². The summed E-state index contributed by atoms with van der Waals surface area (Å²) in [7, 11) is 0. The van der Waals surface area contributed by atoms with Crippen molar-refractivity contribution < 1.29 is 38.7 Å². The molecule has 1 aromatic carbocycles. The summed E-state index contributed by atoms with van der Waals surface area (Å²) >= 11 is 0. The van der Waals surface area contributed by atoms with Crippen molar-refractivity contribution in [3.8, 4) is 0 Å². The molecule has 0 radical (unpaired) electrons. The summed E-state index contributed by atoms with van der Waals surface area (Å²) in [6.45, 7) is 6.57. The zero-order valence-electron chi connectivity index (χ0n) is 29.6. The summed E-state index contributed by atoms with van der Waals surface area (Å²) in [5, 5.41) is 21.9. The average molecular weight is 719 g/mol. The molecule has 51 heavy (non-hydrogen) atoms. The van der Waals surface area contributed by atoms with Gasteiger partial charge in [0.15, 0.2) is 5.96 Å². The molecule has 1 aromatic rings. The number of carbonyl (C=O) groups is 7. The Morgan fingerprint density at radius 3 is 1.96 bits per heavy atom. The Labute approximate surface area is 297 Å². The monoisotopic (exact) mass is 718 g/mol. The molecule has 0 heterocycles. The van der Waals surface area contributed by atoms with E-state index >= 15 is 0 Å². The molecular weight excluding hydrogens is 664 g/mol. The van der Waals surface area contributed by atoms with E-state index < -0.39 is 90.5 Å². The minimum atomic E-state index is -1.44. The summed E-state index contributed by atoms with van der Waals surface area (Å²) in [6.07, 6.45) is 0.460. The van der Waals surface area contributed by atoms with Crippen molar-refractivity contribution in [2.75, 3.05) is 13.1 Å². The van der Waals surface area contributed by atoms with E-state index in [-0.39, 0.29) is 44.1 Å². The lowest BCUT2D eigenvalue weighted by molar-refractivity contribution is -0.142. The molecule has 6 atom stereocenters. The number of carboxylic acids is 1. The van der Waals surface area contributed by atoms with Gasteiger partial charge in [-0.2, -0.15) is 0 Å². The van der Waals surface area contributed by atoms with Gasteiger partial charge in [0.1, 0.15) is 24.2 Å². The lowest BCUT2D eigenvalue weighted by Crippen LogP contribution is -2.59. The van der Waals surface area contributed by atoms with Gasteiger partial charge in [0.2, 0.25) is 35.4 Å². The number of nitrogens with zero attached hydrogens (tertiary/aromatic N) is 1. The van der Waals surface area contributed by atoms with Crippen LogP contribution in [0.4, 0.5) is 0 Å². The molecule has 14 N–H and O–H groups in total. The number of nitrogens with one attached hydrogen (secondary N) is 5. The highest BCUT2D eigenvalue weighted by Crippen LogP contribution is 2.10. The zero-order valence-corrected chi connectivity index (χ0v) is 29.6. The van der Waals surface area contributed by atoms with Crippen LogP contribution in [-0.2, 0) is 40.0 Å². The summed E-state index contributed by atoms with van der Waals surface area (Å²) in [6, 6.07) is 2.86. The molecule has 0 aromatic heterocycles. The third kappa shape index (κ3) is 17.3. The molecule has 0 spiro atoms. The van der Waals surface area contributed by atoms with Gasteiger partial charge in [-0.15, -0.1) is 0 Å². The molecule has 0 unspecified atom stereocenters. The molecule has 0 saturated heterocycles. The number of primary amides is 1. The van der Waals surface area contributed by atoms with Gasteiger partial charge in [-0.3, -0.25) is 33.8 Å². The molecule has 0 bridgehead atoms. The first-order chi connectivity index (χ1) is 23.9. The van der Waals surface area contributed by atoms with Crippen LogP contribution in [0.5, 0.6) is 0 Å². The molecule has 0 aliphatic heterocycles. The van der Waals surface area contributed by atoms with Crippen LogP contribution in [0, 0.1) is 11.8 Å². The van der Waals surface area contributed by atoms with E-state index in [0.717, 1.165) is 5.56 Å². The second-order valence-electron chi connectivity index (χ2n) is 12.7. The van der Waals surface area contributed by atoms with Crippen LogP contribution >= 0.6 is 0 Å². The molecular formula is C33H54N10O8. The maximum atomic E-state index is 13.3. The Morgan fingerprint density at radius 2 is 1.41 bits per heavy atom. The van der Waals surface area contributed by atoms with E-state index in [1.165, 1.54) is 0 Å². The predicted octanol–water partition coefficient (Wildman–Crippen LogP) is -2.28. The van der Waals surface area contributed by atoms with Crippen molar-refractivity contribution in [2.24, 2.45) is 39.8 Å². The van der Waals surface area contributed by atoms with Crippen LogP contribution in [0.1, 0.15) is 65.4 Å². The summed E-state index contributed by atoms with van der Waals surface area (Å²) < 4.78 is 0. The number of carbonyl (C=O) groups excluding carboxylic acids is 6. The summed E-state index contributed by atoms with van der Waals surface area (Å²) in [5.74, 6) is -6.66. The maximum absolute atomic E-state index is 13.3. The number of benzene rings is 1. The highest BCUT2D eigenvalue weighted by molar-refractivity contribution is 5.97. The fourth-order valence-electron chi connectivity index (χ4n) is 4.87. The Bertz CT molecular complexity index is 1370. The first-order valence-electron chi connectivity index (χ1n) is 16.8. The number of amides is 6. The quantitative estimate of drug-likeness (QED) is 0.0326. The number of aliphatic imine (C=N–C) groups is 1. The smallest absolute Gasteiger partial charge is 0.326 e. The number of hydrogen-bond acceptors (Lipinski definition) is 9. The highest BCUT2D eigenvalue weighted by Gasteiger charge is 2.32. The second-order valence-corrected chi connectivity index (χ2v) is 12.7. The van der Waals surface area contributed by atoms with Gasteiger partial charge in [0.25, 0.3) is 0 Å². The van der Waals surface area contributed by atoms with Crippen LogP contribution in [0.15, 0.2) is 35.3 Å². The largest absolute Gasteiger partial charge is 0.480 e. The highest BCUT2D eigenvalue weighted by atomic mass is 16.4. The van der Waals surface area contributed by atoms with Crippen molar-refractivity contribution >= 4 is 47.4 Å². The molecule has 18 heteroatoms. The molecule has 0 saturated carbocycles. The van der Waals surface area contributed by atoms with E-state index in [2.05, 4.69) is 31.6 Å². The molecule has 1 rings (SSSR count). The first-order valence-corrected chi connectivity index (χ1v) is 16.8. The average Bonchev–Trinajstić information content (AvgIpc) is 3.06. The zero-order chi connectivity index (χ0) is 38.7. The molecule has 0 aliphatic carbocycles. The number of rotatable bonds is 23. The lowest BCUT2D eigenvalue weighted by Gasteiger charge is -2.27. The van der Waals surface area contributed by atoms with Crippen LogP contribution in [0.25, 0.3) is 0 Å². The van der Waals surface area contributed by atoms with E-state index in [4.69, 9.17) is 22.9 Å². The SMILES string of the molecule is CC[C@H](C)[C@H](NC(=O)[C@H](CC(N)=O)NC(=O)[C@@H](N)Cc1ccccc1)C(=O)NCC(=O)N[C@@H](CCCN=C(N)N)C(=O)N[C@@H](CC(C)C)C(=O)O. The third-order valence-electron chi connectivity index (χ3n) is 7.81. The third-order valence-corrected chi connectivity index (χ3v) is 7.81. The van der Waals surface area contributed by atoms with Gasteiger partial charge in [0.05, 0.1) is 19.0 Å². The van der Waals surface area contributed by atoms with Gasteiger partial charge in [0, 0.05) is 6.54 Å². The molecule has 0 aliphatic rings. The van der Waals surface area contributed by atoms with E-state index in [0.29, 0.717) is 6.42 Å². The van der Waals surface area contributed by atoms with Crippen LogP contribution < -0.4 is 49.5 Å². The van der Waals surface area contributed by atoms with Crippen LogP contribution in [0.2, 0.25) is 0 Å². The normalized spacial score (nSPS) is 14.4. The Kier molecular flexibility index (Phi) is 19.3. The van der Waals surface area contributed by atoms with Crippen LogP contribution in [0.3, 0.4) is 0 Å². The molecule has 284 valence electrons. The number of hydrogen-bond donors (Lipinski definition) is 10. The predicted molar refractivity (Wildman–Crippen MR) is 189 cm³/mol. The Balaban J connectivity index is 3.01. The van der Waals surface area contributed by atoms with Gasteiger partial charge in [-0.25, -0.2) is 4.79 Å². The van der Waals surface area contributed by atoms with Crippen molar-refractivity contribution in [1.82, 2.24) is 26.6 Å². The topological polar surface area (TPSA) is 316 Å². The minimum absolute atomic E-state index is 0.0455. The van der Waals surface area contributed by atoms with Crippen molar-refractivity contribution in [3.05, 3.63) is 35.9 Å². The number of carboxylic acid groups (broad SMARTS) is 1. The number of aliphatic carboxylic acids is 1. The van der Waals surface area contributed by atoms with Crippen molar-refractivity contribution in [1.29, 1.82) is 0 Å². The van der Waals surface area contributed by atoms with Crippen molar-refractivity contribution in [2.45, 2.75) is 96.4 Å². The van der Waals surface area contributed by atoms with E-state index in [9.17, 15) is 38.7 Å². The standard InChI is InChI=1S/C33H54N10O8/c1-5-19(4)27(43-30(48)23(16-25(35)44)41-28(46)21(34)15-20-10-7-6-8-11-20)31(49)39-17-26(45)40-22(12-9-13-38-33(36)37)29(47)42-24(32(50)51)14-18(2)3/h6-8,10-11,18-19,21-24,27H,5,9,12-17,34H2,1-4H3,(H2,35,44)(H,39,49)(H,40,45)(H,41,46)(H,42,47)(H,43,48)(H,50,51)(H4,36,37,38)/t19-,21-,22-,23-,24-,27-/m0/s1. The van der Waals surface area contributed by atoms with Crippen molar-refractivity contribution in [3.63, 3.8) is 0 Å².